The molecule has 1 fully saturated rings. The molecule has 27 heavy (non-hydrogen) atoms. The van der Waals surface area contributed by atoms with Gasteiger partial charge in [0.1, 0.15) is 18.1 Å². The quantitative estimate of drug-likeness (QED) is 0.539. The molecule has 5 nitrogen and oxygen atoms in total. The van der Waals surface area contributed by atoms with Crippen molar-refractivity contribution in [1.29, 1.82) is 0 Å². The molecule has 0 aliphatic carbocycles. The van der Waals surface area contributed by atoms with Gasteiger partial charge in [0.15, 0.2) is 5.78 Å². The van der Waals surface area contributed by atoms with Crippen molar-refractivity contribution in [2.24, 2.45) is 0 Å². The summed E-state index contributed by atoms with van der Waals surface area (Å²) in [6.07, 6.45) is 1.55. The summed E-state index contributed by atoms with van der Waals surface area (Å²) in [5.74, 6) is 1.70. The molecule has 3 rings (SSSR count). The van der Waals surface area contributed by atoms with Crippen LogP contribution in [0, 0.1) is 6.92 Å². The summed E-state index contributed by atoms with van der Waals surface area (Å²) in [4.78, 5) is 26.4. The Hall–Kier alpha value is -2.73. The molecule has 1 saturated heterocycles. The minimum absolute atomic E-state index is 0.0119. The smallest absolute Gasteiger partial charge is 0.237 e. The summed E-state index contributed by atoms with van der Waals surface area (Å²) in [5, 5.41) is 0.673. The van der Waals surface area contributed by atoms with E-state index in [9.17, 15) is 9.59 Å². The van der Waals surface area contributed by atoms with Gasteiger partial charge in [0, 0.05) is 11.6 Å². The first-order valence-electron chi connectivity index (χ1n) is 8.60. The lowest BCUT2D eigenvalue weighted by atomic mass is 10.1. The van der Waals surface area contributed by atoms with Crippen molar-refractivity contribution in [3.05, 3.63) is 70.8 Å². The van der Waals surface area contributed by atoms with E-state index in [1.54, 1.807) is 24.2 Å². The lowest BCUT2D eigenvalue weighted by Crippen LogP contribution is -2.29. The second-order valence-electron chi connectivity index (χ2n) is 6.02. The van der Waals surface area contributed by atoms with E-state index in [2.05, 4.69) is 0 Å². The number of hydrogen-bond donors (Lipinski definition) is 0. The predicted molar refractivity (Wildman–Crippen MR) is 106 cm³/mol. The van der Waals surface area contributed by atoms with Crippen LogP contribution in [0.15, 0.2) is 59.6 Å². The van der Waals surface area contributed by atoms with E-state index in [0.717, 1.165) is 11.3 Å². The van der Waals surface area contributed by atoms with Gasteiger partial charge < -0.3 is 14.4 Å². The third-order valence-electron chi connectivity index (χ3n) is 4.22. The molecule has 0 atom stereocenters. The Morgan fingerprint density at radius 2 is 1.85 bits per heavy atom. The molecule has 0 aromatic heterocycles. The SMILES string of the molecule is COc1ccc(OCCN2C(=O)CS/C2=C\C(=O)c2ccccc2C)cc1. The highest BCUT2D eigenvalue weighted by Crippen LogP contribution is 2.29. The van der Waals surface area contributed by atoms with Crippen LogP contribution in [0.2, 0.25) is 0 Å². The lowest BCUT2D eigenvalue weighted by molar-refractivity contribution is -0.125. The fraction of sp³-hybridized carbons (Fsp3) is 0.238. The number of benzene rings is 2. The number of aryl methyl sites for hydroxylation is 1. The summed E-state index contributed by atoms with van der Waals surface area (Å²) < 4.78 is 10.8. The van der Waals surface area contributed by atoms with Gasteiger partial charge in [-0.2, -0.15) is 0 Å². The molecule has 0 unspecified atom stereocenters. The van der Waals surface area contributed by atoms with Crippen molar-refractivity contribution < 1.29 is 19.1 Å². The maximum Gasteiger partial charge on any atom is 0.237 e. The Bertz CT molecular complexity index is 861. The van der Waals surface area contributed by atoms with Crippen molar-refractivity contribution in [3.8, 4) is 11.5 Å². The van der Waals surface area contributed by atoms with Crippen molar-refractivity contribution >= 4 is 23.5 Å². The van der Waals surface area contributed by atoms with Crippen LogP contribution in [0.5, 0.6) is 11.5 Å². The van der Waals surface area contributed by atoms with Crippen LogP contribution >= 0.6 is 11.8 Å². The number of methoxy groups -OCH3 is 1. The van der Waals surface area contributed by atoms with E-state index < -0.39 is 0 Å². The molecule has 0 saturated carbocycles. The zero-order valence-corrected chi connectivity index (χ0v) is 16.1. The zero-order valence-electron chi connectivity index (χ0n) is 15.3. The van der Waals surface area contributed by atoms with Crippen molar-refractivity contribution in [2.45, 2.75) is 6.92 Å². The Morgan fingerprint density at radius 3 is 2.56 bits per heavy atom. The molecular weight excluding hydrogens is 362 g/mol. The van der Waals surface area contributed by atoms with E-state index in [4.69, 9.17) is 9.47 Å². The molecule has 1 aliphatic rings. The van der Waals surface area contributed by atoms with Gasteiger partial charge >= 0.3 is 0 Å². The fourth-order valence-electron chi connectivity index (χ4n) is 2.73. The summed E-state index contributed by atoms with van der Waals surface area (Å²) >= 11 is 1.38. The van der Waals surface area contributed by atoms with Crippen molar-refractivity contribution in [1.82, 2.24) is 4.90 Å². The molecule has 0 N–H and O–H groups in total. The summed E-state index contributed by atoms with van der Waals surface area (Å²) in [5.41, 5.74) is 1.57. The van der Waals surface area contributed by atoms with Crippen LogP contribution in [-0.4, -0.2) is 42.6 Å². The lowest BCUT2D eigenvalue weighted by Gasteiger charge is -2.17. The van der Waals surface area contributed by atoms with Crippen LogP contribution in [0.4, 0.5) is 0 Å². The molecule has 0 bridgehead atoms. The van der Waals surface area contributed by atoms with Crippen LogP contribution in [0.25, 0.3) is 0 Å². The van der Waals surface area contributed by atoms with Crippen molar-refractivity contribution in [3.63, 3.8) is 0 Å². The monoisotopic (exact) mass is 383 g/mol. The van der Waals surface area contributed by atoms with Crippen LogP contribution in [0.3, 0.4) is 0 Å². The predicted octanol–water partition coefficient (Wildman–Crippen LogP) is 3.68. The molecule has 1 heterocycles. The molecule has 0 spiro atoms. The highest BCUT2D eigenvalue weighted by molar-refractivity contribution is 8.04. The normalized spacial score (nSPS) is 15.3. The van der Waals surface area contributed by atoms with E-state index in [-0.39, 0.29) is 11.7 Å². The molecule has 6 heteroatoms. The molecular formula is C21H21NO4S. The fourth-order valence-corrected chi connectivity index (χ4v) is 3.70. The average Bonchev–Trinajstić information content (AvgIpc) is 3.02. The number of amides is 1. The maximum atomic E-state index is 12.6. The maximum absolute atomic E-state index is 12.6. The first-order chi connectivity index (χ1) is 13.1. The highest BCUT2D eigenvalue weighted by Gasteiger charge is 2.27. The number of thioether (sulfide) groups is 1. The molecule has 2 aromatic rings. The first-order valence-corrected chi connectivity index (χ1v) is 9.58. The van der Waals surface area contributed by atoms with Crippen LogP contribution in [0.1, 0.15) is 15.9 Å². The standard InChI is InChI=1S/C21H21NO4S/c1-15-5-3-4-6-18(15)19(23)13-21-22(20(24)14-27-21)11-12-26-17-9-7-16(25-2)8-10-17/h3-10,13H,11-12,14H2,1-2H3/b21-13-. The topological polar surface area (TPSA) is 55.8 Å². The molecule has 1 amide bonds. The van der Waals surface area contributed by atoms with Crippen LogP contribution in [-0.2, 0) is 4.79 Å². The minimum atomic E-state index is -0.0913. The average molecular weight is 383 g/mol. The van der Waals surface area contributed by atoms with Gasteiger partial charge in [-0.25, -0.2) is 0 Å². The Labute approximate surface area is 163 Å². The zero-order chi connectivity index (χ0) is 19.2. The number of carbonyl (C=O) groups excluding carboxylic acids is 2. The number of carbonyl (C=O) groups is 2. The molecule has 140 valence electrons. The molecule has 1 aliphatic heterocycles. The number of hydrogen-bond acceptors (Lipinski definition) is 5. The third kappa shape index (κ3) is 4.71. The number of rotatable bonds is 7. The number of allylic oxidation sites excluding steroid dienone is 1. The van der Waals surface area contributed by atoms with Gasteiger partial charge in [0.05, 0.1) is 24.4 Å². The van der Waals surface area contributed by atoms with Gasteiger partial charge in [-0.15, -0.1) is 0 Å². The molecule has 2 aromatic carbocycles. The van der Waals surface area contributed by atoms with E-state index in [0.29, 0.717) is 35.2 Å². The van der Waals surface area contributed by atoms with Gasteiger partial charge in [-0.3, -0.25) is 9.59 Å². The number of ether oxygens (including phenoxy) is 2. The Morgan fingerprint density at radius 1 is 1.15 bits per heavy atom. The van der Waals surface area contributed by atoms with Gasteiger partial charge in [-0.1, -0.05) is 36.0 Å². The second kappa shape index (κ2) is 8.77. The summed E-state index contributed by atoms with van der Waals surface area (Å²) in [7, 11) is 1.61. The van der Waals surface area contributed by atoms with E-state index in [1.807, 2.05) is 49.4 Å². The first kappa shape index (κ1) is 19.0. The van der Waals surface area contributed by atoms with Gasteiger partial charge in [0.2, 0.25) is 5.91 Å². The van der Waals surface area contributed by atoms with Gasteiger partial charge in [0.25, 0.3) is 0 Å². The van der Waals surface area contributed by atoms with E-state index >= 15 is 0 Å². The Balaban J connectivity index is 1.63. The minimum Gasteiger partial charge on any atom is -0.497 e. The number of ketones is 1. The van der Waals surface area contributed by atoms with E-state index in [1.165, 1.54) is 11.8 Å². The third-order valence-corrected chi connectivity index (χ3v) is 5.24. The largest absolute Gasteiger partial charge is 0.497 e. The summed E-state index contributed by atoms with van der Waals surface area (Å²) in [6.45, 7) is 2.64. The number of nitrogens with zero attached hydrogens (tertiary/aromatic N) is 1. The van der Waals surface area contributed by atoms with Crippen molar-refractivity contribution in [2.75, 3.05) is 26.0 Å². The highest BCUT2D eigenvalue weighted by atomic mass is 32.2. The van der Waals surface area contributed by atoms with Crippen LogP contribution < -0.4 is 9.47 Å². The Kier molecular flexibility index (Phi) is 6.19. The molecule has 0 radical (unpaired) electrons. The summed E-state index contributed by atoms with van der Waals surface area (Å²) in [6, 6.07) is 14.7. The second-order valence-corrected chi connectivity index (χ2v) is 7.02. The van der Waals surface area contributed by atoms with Gasteiger partial charge in [-0.05, 0) is 36.8 Å².